The summed E-state index contributed by atoms with van der Waals surface area (Å²) in [7, 11) is 0. The Labute approximate surface area is 111 Å². The zero-order chi connectivity index (χ0) is 12.7. The molecule has 0 bridgehead atoms. The Morgan fingerprint density at radius 3 is 2.61 bits per heavy atom. The molecule has 1 amide bonds. The molecule has 90 valence electrons. The first-order chi connectivity index (χ1) is 8.68. The Kier molecular flexibility index (Phi) is 2.60. The van der Waals surface area contributed by atoms with Crippen molar-refractivity contribution < 1.29 is 4.79 Å². The molecule has 0 N–H and O–H groups in total. The number of hydrogen-bond acceptors (Lipinski definition) is 1. The van der Waals surface area contributed by atoms with Gasteiger partial charge in [0.15, 0.2) is 0 Å². The largest absolute Gasteiger partial charge is 0.280 e. The molecule has 1 heterocycles. The van der Waals surface area contributed by atoms with Gasteiger partial charge in [-0.05, 0) is 36.2 Å². The van der Waals surface area contributed by atoms with Crippen molar-refractivity contribution in [2.75, 3.05) is 4.90 Å². The van der Waals surface area contributed by atoms with E-state index in [1.54, 1.807) is 4.90 Å². The molecule has 0 unspecified atom stereocenters. The number of rotatable bonds is 1. The first kappa shape index (κ1) is 11.3. The third-order valence-corrected chi connectivity index (χ3v) is 3.71. The van der Waals surface area contributed by atoms with Crippen molar-refractivity contribution in [3.63, 3.8) is 0 Å². The van der Waals surface area contributed by atoms with Gasteiger partial charge in [-0.1, -0.05) is 35.9 Å². The SMILES string of the molecule is Cc1c(Cl)cccc1N1C(=O)Cc2ccccc21. The fourth-order valence-corrected chi connectivity index (χ4v) is 2.53. The molecule has 0 saturated heterocycles. The highest BCUT2D eigenvalue weighted by atomic mass is 35.5. The van der Waals surface area contributed by atoms with E-state index in [0.29, 0.717) is 11.4 Å². The molecule has 0 aliphatic carbocycles. The van der Waals surface area contributed by atoms with Crippen LogP contribution >= 0.6 is 11.6 Å². The zero-order valence-corrected chi connectivity index (χ0v) is 10.7. The first-order valence-corrected chi connectivity index (χ1v) is 6.22. The Hall–Kier alpha value is -1.80. The summed E-state index contributed by atoms with van der Waals surface area (Å²) in [6.45, 7) is 1.94. The highest BCUT2D eigenvalue weighted by molar-refractivity contribution is 6.32. The standard InChI is InChI=1S/C15H12ClNO/c1-10-12(16)6-4-8-13(10)17-14-7-3-2-5-11(14)9-15(17)18/h2-8H,9H2,1H3. The van der Waals surface area contributed by atoms with Crippen LogP contribution in [0.2, 0.25) is 5.02 Å². The van der Waals surface area contributed by atoms with E-state index in [9.17, 15) is 4.79 Å². The van der Waals surface area contributed by atoms with E-state index in [-0.39, 0.29) is 5.91 Å². The van der Waals surface area contributed by atoms with Crippen LogP contribution in [0.15, 0.2) is 42.5 Å². The minimum atomic E-state index is 0.0987. The number of benzene rings is 2. The molecule has 0 aromatic heterocycles. The molecule has 2 nitrogen and oxygen atoms in total. The maximum absolute atomic E-state index is 12.2. The quantitative estimate of drug-likeness (QED) is 0.759. The van der Waals surface area contributed by atoms with Crippen LogP contribution < -0.4 is 4.90 Å². The van der Waals surface area contributed by atoms with Gasteiger partial charge in [0.05, 0.1) is 17.8 Å². The van der Waals surface area contributed by atoms with Gasteiger partial charge in [-0.2, -0.15) is 0 Å². The number of para-hydroxylation sites is 1. The van der Waals surface area contributed by atoms with Crippen LogP contribution in [0, 0.1) is 6.92 Å². The van der Waals surface area contributed by atoms with Gasteiger partial charge in [-0.25, -0.2) is 0 Å². The first-order valence-electron chi connectivity index (χ1n) is 5.84. The van der Waals surface area contributed by atoms with Crippen molar-refractivity contribution in [3.8, 4) is 0 Å². The zero-order valence-electron chi connectivity index (χ0n) is 9.98. The Bertz CT molecular complexity index is 636. The van der Waals surface area contributed by atoms with Gasteiger partial charge in [0.25, 0.3) is 0 Å². The van der Waals surface area contributed by atoms with Gasteiger partial charge >= 0.3 is 0 Å². The predicted octanol–water partition coefficient (Wildman–Crippen LogP) is 3.87. The summed E-state index contributed by atoms with van der Waals surface area (Å²) in [5.41, 5.74) is 3.84. The molecule has 0 fully saturated rings. The second kappa shape index (κ2) is 4.14. The fraction of sp³-hybridized carbons (Fsp3) is 0.133. The van der Waals surface area contributed by atoms with Crippen molar-refractivity contribution >= 4 is 28.9 Å². The molecule has 1 aliphatic heterocycles. The maximum atomic E-state index is 12.2. The van der Waals surface area contributed by atoms with Crippen LogP contribution in [0.1, 0.15) is 11.1 Å². The molecule has 3 heteroatoms. The second-order valence-electron chi connectivity index (χ2n) is 4.42. The van der Waals surface area contributed by atoms with Crippen LogP contribution in [0.4, 0.5) is 11.4 Å². The van der Waals surface area contributed by atoms with E-state index in [1.165, 1.54) is 0 Å². The average molecular weight is 258 g/mol. The number of anilines is 2. The van der Waals surface area contributed by atoms with Gasteiger partial charge in [0, 0.05) is 5.02 Å². The summed E-state index contributed by atoms with van der Waals surface area (Å²) in [6.07, 6.45) is 0.460. The highest BCUT2D eigenvalue weighted by Gasteiger charge is 2.29. The fourth-order valence-electron chi connectivity index (χ4n) is 2.36. The lowest BCUT2D eigenvalue weighted by Gasteiger charge is -2.20. The summed E-state index contributed by atoms with van der Waals surface area (Å²) >= 11 is 6.13. The molecule has 18 heavy (non-hydrogen) atoms. The average Bonchev–Trinajstić information content (AvgIpc) is 2.69. The van der Waals surface area contributed by atoms with Crippen molar-refractivity contribution in [1.82, 2.24) is 0 Å². The Balaban J connectivity index is 2.18. The molecule has 2 aromatic rings. The summed E-state index contributed by atoms with van der Waals surface area (Å²) in [5.74, 6) is 0.0987. The van der Waals surface area contributed by atoms with Crippen LogP contribution in [0.3, 0.4) is 0 Å². The third-order valence-electron chi connectivity index (χ3n) is 3.30. The van der Waals surface area contributed by atoms with Crippen LogP contribution in [-0.2, 0) is 11.2 Å². The minimum Gasteiger partial charge on any atom is -0.280 e. The van der Waals surface area contributed by atoms with Crippen molar-refractivity contribution in [3.05, 3.63) is 58.6 Å². The predicted molar refractivity (Wildman–Crippen MR) is 73.5 cm³/mol. The van der Waals surface area contributed by atoms with Gasteiger partial charge in [0.2, 0.25) is 5.91 Å². The summed E-state index contributed by atoms with van der Waals surface area (Å²) < 4.78 is 0. The highest BCUT2D eigenvalue weighted by Crippen LogP contribution is 2.38. The number of halogens is 1. The van der Waals surface area contributed by atoms with E-state index in [1.807, 2.05) is 49.4 Å². The Morgan fingerprint density at radius 2 is 1.78 bits per heavy atom. The van der Waals surface area contributed by atoms with Crippen molar-refractivity contribution in [2.24, 2.45) is 0 Å². The van der Waals surface area contributed by atoms with Crippen molar-refractivity contribution in [2.45, 2.75) is 13.3 Å². The van der Waals surface area contributed by atoms with Crippen LogP contribution in [0.5, 0.6) is 0 Å². The molecule has 1 aliphatic rings. The molecule has 3 rings (SSSR count). The van der Waals surface area contributed by atoms with E-state index in [4.69, 9.17) is 11.6 Å². The molecule has 2 aromatic carbocycles. The van der Waals surface area contributed by atoms with Gasteiger partial charge < -0.3 is 0 Å². The topological polar surface area (TPSA) is 20.3 Å². The number of hydrogen-bond donors (Lipinski definition) is 0. The lowest BCUT2D eigenvalue weighted by atomic mass is 10.1. The number of carbonyl (C=O) groups excluding carboxylic acids is 1. The number of carbonyl (C=O) groups is 1. The number of fused-ring (bicyclic) bond motifs is 1. The van der Waals surface area contributed by atoms with Gasteiger partial charge in [0.1, 0.15) is 0 Å². The van der Waals surface area contributed by atoms with Gasteiger partial charge in [-0.15, -0.1) is 0 Å². The van der Waals surface area contributed by atoms with E-state index >= 15 is 0 Å². The van der Waals surface area contributed by atoms with E-state index < -0.39 is 0 Å². The molecule has 0 saturated carbocycles. The van der Waals surface area contributed by atoms with Crippen molar-refractivity contribution in [1.29, 1.82) is 0 Å². The van der Waals surface area contributed by atoms with E-state index in [2.05, 4.69) is 0 Å². The molecule has 0 atom stereocenters. The Morgan fingerprint density at radius 1 is 1.06 bits per heavy atom. The molecular weight excluding hydrogens is 246 g/mol. The smallest absolute Gasteiger partial charge is 0.236 e. The van der Waals surface area contributed by atoms with Gasteiger partial charge in [-0.3, -0.25) is 9.69 Å². The summed E-state index contributed by atoms with van der Waals surface area (Å²) in [6, 6.07) is 13.5. The normalized spacial score (nSPS) is 13.9. The van der Waals surface area contributed by atoms with Crippen LogP contribution in [0.25, 0.3) is 0 Å². The second-order valence-corrected chi connectivity index (χ2v) is 4.83. The monoisotopic (exact) mass is 257 g/mol. The summed E-state index contributed by atoms with van der Waals surface area (Å²) in [4.78, 5) is 13.9. The molecule has 0 spiro atoms. The maximum Gasteiger partial charge on any atom is 0.236 e. The minimum absolute atomic E-state index is 0.0987. The number of nitrogens with zero attached hydrogens (tertiary/aromatic N) is 1. The lowest BCUT2D eigenvalue weighted by molar-refractivity contribution is -0.116. The lowest BCUT2D eigenvalue weighted by Crippen LogP contribution is -2.21. The van der Waals surface area contributed by atoms with Crippen LogP contribution in [-0.4, -0.2) is 5.91 Å². The molecule has 0 radical (unpaired) electrons. The molecular formula is C15H12ClNO. The third kappa shape index (κ3) is 1.61. The summed E-state index contributed by atoms with van der Waals surface area (Å²) in [5, 5.41) is 0.685. The number of amides is 1. The van der Waals surface area contributed by atoms with E-state index in [0.717, 1.165) is 22.5 Å².